The molecule has 0 spiro atoms. The van der Waals surface area contributed by atoms with Crippen molar-refractivity contribution in [3.05, 3.63) is 20.3 Å². The summed E-state index contributed by atoms with van der Waals surface area (Å²) in [5.74, 6) is -0.0932. The Morgan fingerprint density at radius 1 is 1.33 bits per heavy atom. The molecule has 2 rings (SSSR count). The number of rotatable bonds is 4. The molecule has 1 atom stereocenters. The van der Waals surface area contributed by atoms with E-state index in [1.165, 1.54) is 17.8 Å². The highest BCUT2D eigenvalue weighted by molar-refractivity contribution is 7.86. The third-order valence-corrected chi connectivity index (χ3v) is 6.40. The van der Waals surface area contributed by atoms with E-state index >= 15 is 0 Å². The summed E-state index contributed by atoms with van der Waals surface area (Å²) in [5, 5.41) is 0.176. The summed E-state index contributed by atoms with van der Waals surface area (Å²) in [6.45, 7) is 0. The van der Waals surface area contributed by atoms with Crippen molar-refractivity contribution in [1.29, 1.82) is 0 Å². The lowest BCUT2D eigenvalue weighted by Crippen LogP contribution is -2.24. The molecule has 1 aliphatic carbocycles. The van der Waals surface area contributed by atoms with Gasteiger partial charge in [-0.2, -0.15) is 0 Å². The van der Waals surface area contributed by atoms with E-state index in [1.807, 2.05) is 0 Å². The Morgan fingerprint density at radius 2 is 2.00 bits per heavy atom. The minimum absolute atomic E-state index is 0.0669. The fraction of sp³-hybridized carbons (Fsp3) is 0.583. The molecule has 100 valence electrons. The SMILES string of the molecule is O=C(CS(=O)C1CCCCC1)c1cc(Cl)sc1Cl. The lowest BCUT2D eigenvalue weighted by atomic mass is 10.0. The lowest BCUT2D eigenvalue weighted by Gasteiger charge is -2.20. The molecule has 2 nitrogen and oxygen atoms in total. The number of hydrogen-bond acceptors (Lipinski definition) is 3. The van der Waals surface area contributed by atoms with Crippen molar-refractivity contribution < 1.29 is 9.00 Å². The van der Waals surface area contributed by atoms with E-state index in [9.17, 15) is 9.00 Å². The molecule has 0 saturated heterocycles. The number of ketones is 1. The molecule has 0 radical (unpaired) electrons. The van der Waals surface area contributed by atoms with Gasteiger partial charge in [-0.3, -0.25) is 9.00 Å². The molecular formula is C12H14Cl2O2S2. The first-order valence-electron chi connectivity index (χ1n) is 5.93. The Bertz CT molecular complexity index is 465. The van der Waals surface area contributed by atoms with Gasteiger partial charge in [0.2, 0.25) is 0 Å². The van der Waals surface area contributed by atoms with E-state index in [0.29, 0.717) is 14.2 Å². The predicted molar refractivity (Wildman–Crippen MR) is 78.6 cm³/mol. The molecule has 1 unspecified atom stereocenters. The summed E-state index contributed by atoms with van der Waals surface area (Å²) in [5.41, 5.74) is 0.413. The molecule has 1 aliphatic rings. The van der Waals surface area contributed by atoms with Gasteiger partial charge in [0.05, 0.1) is 10.1 Å². The van der Waals surface area contributed by atoms with Crippen molar-refractivity contribution in [3.8, 4) is 0 Å². The molecule has 1 heterocycles. The summed E-state index contributed by atoms with van der Waals surface area (Å²) < 4.78 is 13.0. The van der Waals surface area contributed by atoms with Gasteiger partial charge in [-0.15, -0.1) is 11.3 Å². The van der Waals surface area contributed by atoms with Crippen molar-refractivity contribution in [2.45, 2.75) is 37.4 Å². The number of carbonyl (C=O) groups is 1. The van der Waals surface area contributed by atoms with Gasteiger partial charge in [-0.05, 0) is 18.9 Å². The summed E-state index contributed by atoms with van der Waals surface area (Å²) in [6, 6.07) is 1.56. The van der Waals surface area contributed by atoms with Gasteiger partial charge in [0.15, 0.2) is 5.78 Å². The third kappa shape index (κ3) is 3.56. The molecule has 0 aliphatic heterocycles. The van der Waals surface area contributed by atoms with Crippen LogP contribution in [0.2, 0.25) is 8.67 Å². The smallest absolute Gasteiger partial charge is 0.177 e. The zero-order valence-electron chi connectivity index (χ0n) is 9.79. The maximum atomic E-state index is 12.1. The lowest BCUT2D eigenvalue weighted by molar-refractivity contribution is 0.102. The molecule has 18 heavy (non-hydrogen) atoms. The Hall–Kier alpha value is 0.1000. The molecule has 0 bridgehead atoms. The first-order chi connectivity index (χ1) is 8.58. The second-order valence-electron chi connectivity index (χ2n) is 4.45. The fourth-order valence-corrected chi connectivity index (χ4v) is 5.19. The molecule has 0 N–H and O–H groups in total. The largest absolute Gasteiger partial charge is 0.293 e. The minimum Gasteiger partial charge on any atom is -0.293 e. The Labute approximate surface area is 123 Å². The van der Waals surface area contributed by atoms with Crippen LogP contribution >= 0.6 is 34.5 Å². The van der Waals surface area contributed by atoms with Gasteiger partial charge in [0, 0.05) is 21.6 Å². The van der Waals surface area contributed by atoms with E-state index in [1.54, 1.807) is 6.07 Å². The average Bonchev–Trinajstić information content (AvgIpc) is 2.69. The Kier molecular flexibility index (Phi) is 5.24. The monoisotopic (exact) mass is 324 g/mol. The zero-order valence-corrected chi connectivity index (χ0v) is 12.9. The first kappa shape index (κ1) is 14.5. The van der Waals surface area contributed by atoms with Crippen LogP contribution in [0.3, 0.4) is 0 Å². The summed E-state index contributed by atoms with van der Waals surface area (Å²) in [4.78, 5) is 12.0. The predicted octanol–water partition coefficient (Wildman–Crippen LogP) is 4.32. The van der Waals surface area contributed by atoms with Crippen molar-refractivity contribution in [2.75, 3.05) is 5.75 Å². The van der Waals surface area contributed by atoms with E-state index in [4.69, 9.17) is 23.2 Å². The van der Waals surface area contributed by atoms with Crippen LogP contribution in [0.1, 0.15) is 42.5 Å². The van der Waals surface area contributed by atoms with Crippen LogP contribution in [0.5, 0.6) is 0 Å². The zero-order chi connectivity index (χ0) is 13.1. The van der Waals surface area contributed by atoms with Gasteiger partial charge in [-0.25, -0.2) is 0 Å². The highest BCUT2D eigenvalue weighted by Gasteiger charge is 2.23. The Balaban J connectivity index is 1.98. The molecule has 1 saturated carbocycles. The second-order valence-corrected chi connectivity index (χ2v) is 8.45. The molecule has 1 fully saturated rings. The minimum atomic E-state index is -1.08. The maximum Gasteiger partial charge on any atom is 0.177 e. The molecule has 0 amide bonds. The van der Waals surface area contributed by atoms with E-state index in [-0.39, 0.29) is 16.8 Å². The van der Waals surface area contributed by atoms with E-state index in [0.717, 1.165) is 25.7 Å². The Morgan fingerprint density at radius 3 is 2.56 bits per heavy atom. The maximum absolute atomic E-state index is 12.1. The summed E-state index contributed by atoms with van der Waals surface area (Å²) >= 11 is 12.9. The van der Waals surface area contributed by atoms with Gasteiger partial charge in [0.1, 0.15) is 4.34 Å². The van der Waals surface area contributed by atoms with Crippen LogP contribution in [-0.2, 0) is 10.8 Å². The number of halogens is 2. The quantitative estimate of drug-likeness (QED) is 0.773. The van der Waals surface area contributed by atoms with Gasteiger partial charge < -0.3 is 0 Å². The second kappa shape index (κ2) is 6.51. The number of hydrogen-bond donors (Lipinski definition) is 0. The van der Waals surface area contributed by atoms with Crippen LogP contribution < -0.4 is 0 Å². The highest BCUT2D eigenvalue weighted by atomic mass is 35.5. The molecule has 1 aromatic heterocycles. The number of carbonyl (C=O) groups excluding carboxylic acids is 1. The van der Waals surface area contributed by atoms with Crippen molar-refractivity contribution >= 4 is 51.1 Å². The van der Waals surface area contributed by atoms with Crippen molar-refractivity contribution in [3.63, 3.8) is 0 Å². The van der Waals surface area contributed by atoms with Crippen LogP contribution in [-0.4, -0.2) is 21.0 Å². The standard InChI is InChI=1S/C12H14Cl2O2S2/c13-11-6-9(12(14)17-11)10(15)7-18(16)8-4-2-1-3-5-8/h6,8H,1-5,7H2. The van der Waals surface area contributed by atoms with Crippen LogP contribution in [0, 0.1) is 0 Å². The third-order valence-electron chi connectivity index (χ3n) is 3.15. The molecule has 6 heteroatoms. The fourth-order valence-electron chi connectivity index (χ4n) is 2.18. The van der Waals surface area contributed by atoms with Crippen LogP contribution in [0.15, 0.2) is 6.07 Å². The topological polar surface area (TPSA) is 34.1 Å². The van der Waals surface area contributed by atoms with Gasteiger partial charge in [0.25, 0.3) is 0 Å². The van der Waals surface area contributed by atoms with Crippen LogP contribution in [0.25, 0.3) is 0 Å². The summed E-state index contributed by atoms with van der Waals surface area (Å²) in [6.07, 6.45) is 5.40. The first-order valence-corrected chi connectivity index (χ1v) is 8.88. The van der Waals surface area contributed by atoms with Crippen molar-refractivity contribution in [1.82, 2.24) is 0 Å². The van der Waals surface area contributed by atoms with Gasteiger partial charge >= 0.3 is 0 Å². The summed E-state index contributed by atoms with van der Waals surface area (Å²) in [7, 11) is -1.08. The average molecular weight is 325 g/mol. The highest BCUT2D eigenvalue weighted by Crippen LogP contribution is 2.32. The number of thiophene rings is 1. The van der Waals surface area contributed by atoms with Crippen molar-refractivity contribution in [2.24, 2.45) is 0 Å². The number of Topliss-reactive ketones (excluding diaryl/α,β-unsaturated/α-hetero) is 1. The van der Waals surface area contributed by atoms with E-state index < -0.39 is 10.8 Å². The molecular weight excluding hydrogens is 311 g/mol. The van der Waals surface area contributed by atoms with E-state index in [2.05, 4.69) is 0 Å². The van der Waals surface area contributed by atoms with Crippen LogP contribution in [0.4, 0.5) is 0 Å². The normalized spacial score (nSPS) is 18.8. The molecule has 1 aromatic rings. The van der Waals surface area contributed by atoms with Gasteiger partial charge in [-0.1, -0.05) is 42.5 Å². The molecule has 0 aromatic carbocycles.